The normalized spacial score (nSPS) is 22.9. The minimum atomic E-state index is 0.667. The molecule has 0 unspecified atom stereocenters. The second-order valence-electron chi connectivity index (χ2n) is 7.15. The van der Waals surface area contributed by atoms with Crippen LogP contribution in [0.3, 0.4) is 0 Å². The van der Waals surface area contributed by atoms with Crippen LogP contribution in [0.1, 0.15) is 0 Å². The summed E-state index contributed by atoms with van der Waals surface area (Å²) in [6.07, 6.45) is 3.65. The lowest BCUT2D eigenvalue weighted by Crippen LogP contribution is -2.26. The molecule has 2 saturated heterocycles. The maximum atomic E-state index is 6.52. The third-order valence-electron chi connectivity index (χ3n) is 5.31. The van der Waals surface area contributed by atoms with Gasteiger partial charge in [0.05, 0.1) is 10.7 Å². The van der Waals surface area contributed by atoms with Crippen LogP contribution in [-0.4, -0.2) is 58.1 Å². The molecule has 0 aliphatic carbocycles. The van der Waals surface area contributed by atoms with Gasteiger partial charge in [-0.3, -0.25) is 0 Å². The quantitative estimate of drug-likeness (QED) is 0.692. The van der Waals surface area contributed by atoms with Gasteiger partial charge in [0.15, 0.2) is 5.01 Å². The predicted octanol–water partition coefficient (Wildman–Crippen LogP) is 3.04. The van der Waals surface area contributed by atoms with E-state index in [1.54, 1.807) is 22.2 Å². The number of fused-ring (bicyclic) bond motifs is 1. The summed E-state index contributed by atoms with van der Waals surface area (Å²) in [6, 6.07) is 7.81. The fourth-order valence-electron chi connectivity index (χ4n) is 4.08. The molecule has 0 amide bonds. The average molecular weight is 387 g/mol. The third-order valence-corrected chi connectivity index (χ3v) is 6.64. The highest BCUT2D eigenvalue weighted by Crippen LogP contribution is 2.38. The Kier molecular flexibility index (Phi) is 3.95. The van der Waals surface area contributed by atoms with Crippen LogP contribution in [0.5, 0.6) is 0 Å². The van der Waals surface area contributed by atoms with E-state index in [-0.39, 0.29) is 0 Å². The summed E-state index contributed by atoms with van der Waals surface area (Å²) in [7, 11) is 2.21. The Morgan fingerprint density at radius 2 is 1.92 bits per heavy atom. The number of halogens is 1. The molecular formula is C18H19ClN6S. The Labute approximate surface area is 161 Å². The van der Waals surface area contributed by atoms with Crippen molar-refractivity contribution in [1.29, 1.82) is 0 Å². The van der Waals surface area contributed by atoms with Crippen LogP contribution < -0.4 is 4.90 Å². The van der Waals surface area contributed by atoms with Crippen molar-refractivity contribution in [1.82, 2.24) is 24.9 Å². The number of likely N-dealkylation sites (tertiary alicyclic amines) is 1. The zero-order chi connectivity index (χ0) is 17.7. The molecule has 8 heteroatoms. The maximum Gasteiger partial charge on any atom is 0.208 e. The topological polar surface area (TPSA) is 50.1 Å². The third kappa shape index (κ3) is 2.80. The largest absolute Gasteiger partial charge is 0.346 e. The first kappa shape index (κ1) is 16.2. The van der Waals surface area contributed by atoms with Crippen LogP contribution in [0.25, 0.3) is 16.3 Å². The standard InChI is InChI=1S/C18H19ClN6S/c1-23-8-12-10-24(11-13(12)9-23)18-22-21-17(26-18)15-4-3-14(7-16(15)19)25-6-2-5-20-25/h2-7,12-13H,8-11H2,1H3/t12-,13+. The van der Waals surface area contributed by atoms with E-state index in [9.17, 15) is 0 Å². The van der Waals surface area contributed by atoms with Gasteiger partial charge in [-0.1, -0.05) is 22.9 Å². The van der Waals surface area contributed by atoms with Crippen LogP contribution in [0.15, 0.2) is 36.7 Å². The van der Waals surface area contributed by atoms with Gasteiger partial charge in [-0.05, 0) is 43.1 Å². The molecule has 2 aliphatic rings. The number of benzene rings is 1. The molecule has 134 valence electrons. The van der Waals surface area contributed by atoms with E-state index < -0.39 is 0 Å². The van der Waals surface area contributed by atoms with Crippen molar-refractivity contribution < 1.29 is 0 Å². The van der Waals surface area contributed by atoms with E-state index >= 15 is 0 Å². The Morgan fingerprint density at radius 3 is 2.62 bits per heavy atom. The molecule has 5 rings (SSSR count). The Bertz CT molecular complexity index is 910. The highest BCUT2D eigenvalue weighted by Gasteiger charge is 2.39. The first-order valence-electron chi connectivity index (χ1n) is 8.74. The molecule has 2 fully saturated rings. The molecule has 0 spiro atoms. The van der Waals surface area contributed by atoms with Crippen molar-refractivity contribution in [2.45, 2.75) is 0 Å². The molecular weight excluding hydrogens is 368 g/mol. The van der Waals surface area contributed by atoms with Crippen LogP contribution in [0.4, 0.5) is 5.13 Å². The van der Waals surface area contributed by atoms with Crippen molar-refractivity contribution in [3.63, 3.8) is 0 Å². The van der Waals surface area contributed by atoms with E-state index in [0.29, 0.717) is 5.02 Å². The number of aromatic nitrogens is 4. The molecule has 2 atom stereocenters. The summed E-state index contributed by atoms with van der Waals surface area (Å²) >= 11 is 8.15. The highest BCUT2D eigenvalue weighted by atomic mass is 35.5. The van der Waals surface area contributed by atoms with Crippen LogP contribution in [0, 0.1) is 11.8 Å². The first-order valence-corrected chi connectivity index (χ1v) is 9.94. The van der Waals surface area contributed by atoms with Crippen molar-refractivity contribution >= 4 is 28.1 Å². The first-order chi connectivity index (χ1) is 12.7. The summed E-state index contributed by atoms with van der Waals surface area (Å²) in [5, 5.41) is 15.6. The number of hydrogen-bond acceptors (Lipinski definition) is 6. The molecule has 1 aromatic carbocycles. The van der Waals surface area contributed by atoms with E-state index in [0.717, 1.165) is 46.3 Å². The Hall–Kier alpha value is -1.96. The second-order valence-corrected chi connectivity index (χ2v) is 8.51. The molecule has 2 aliphatic heterocycles. The van der Waals surface area contributed by atoms with Crippen LogP contribution >= 0.6 is 22.9 Å². The number of rotatable bonds is 3. The van der Waals surface area contributed by atoms with E-state index in [1.807, 2.05) is 30.5 Å². The Morgan fingerprint density at radius 1 is 1.12 bits per heavy atom. The van der Waals surface area contributed by atoms with Gasteiger partial charge < -0.3 is 9.80 Å². The van der Waals surface area contributed by atoms with Crippen molar-refractivity contribution in [2.75, 3.05) is 38.1 Å². The van der Waals surface area contributed by atoms with E-state index in [4.69, 9.17) is 11.6 Å². The lowest BCUT2D eigenvalue weighted by Gasteiger charge is -2.17. The summed E-state index contributed by atoms with van der Waals surface area (Å²) in [6.45, 7) is 4.53. The SMILES string of the molecule is CN1C[C@@H]2CN(c3nnc(-c4ccc(-n5cccn5)cc4Cl)s3)C[C@@H]2C1. The summed E-state index contributed by atoms with van der Waals surface area (Å²) in [4.78, 5) is 4.81. The fraction of sp³-hybridized carbons (Fsp3) is 0.389. The number of hydrogen-bond donors (Lipinski definition) is 0. The van der Waals surface area contributed by atoms with Gasteiger partial charge in [0.1, 0.15) is 0 Å². The van der Waals surface area contributed by atoms with Crippen molar-refractivity contribution in [2.24, 2.45) is 11.8 Å². The molecule has 2 aromatic heterocycles. The number of nitrogens with zero attached hydrogens (tertiary/aromatic N) is 6. The van der Waals surface area contributed by atoms with Crippen molar-refractivity contribution in [3.05, 3.63) is 41.7 Å². The summed E-state index contributed by atoms with van der Waals surface area (Å²) in [5.74, 6) is 1.51. The van der Waals surface area contributed by atoms with Gasteiger partial charge in [0.25, 0.3) is 0 Å². The van der Waals surface area contributed by atoms with Gasteiger partial charge in [-0.15, -0.1) is 10.2 Å². The minimum Gasteiger partial charge on any atom is -0.346 e. The molecule has 0 saturated carbocycles. The average Bonchev–Trinajstić information content (AvgIpc) is 3.38. The molecule has 26 heavy (non-hydrogen) atoms. The zero-order valence-corrected chi connectivity index (χ0v) is 16.0. The predicted molar refractivity (Wildman–Crippen MR) is 104 cm³/mol. The molecule has 6 nitrogen and oxygen atoms in total. The summed E-state index contributed by atoms with van der Waals surface area (Å²) in [5.41, 5.74) is 1.86. The minimum absolute atomic E-state index is 0.667. The molecule has 0 N–H and O–H groups in total. The molecule has 3 aromatic rings. The van der Waals surface area contributed by atoms with E-state index in [2.05, 4.69) is 32.1 Å². The Balaban J connectivity index is 1.37. The smallest absolute Gasteiger partial charge is 0.208 e. The molecule has 0 radical (unpaired) electrons. The van der Waals surface area contributed by atoms with Crippen LogP contribution in [-0.2, 0) is 0 Å². The van der Waals surface area contributed by atoms with Gasteiger partial charge in [0, 0.05) is 44.1 Å². The molecule has 4 heterocycles. The van der Waals surface area contributed by atoms with Gasteiger partial charge in [-0.2, -0.15) is 5.10 Å². The lowest BCUT2D eigenvalue weighted by molar-refractivity contribution is 0.387. The van der Waals surface area contributed by atoms with Crippen molar-refractivity contribution in [3.8, 4) is 16.3 Å². The van der Waals surface area contributed by atoms with E-state index in [1.165, 1.54) is 13.1 Å². The maximum absolute atomic E-state index is 6.52. The zero-order valence-electron chi connectivity index (χ0n) is 14.4. The van der Waals surface area contributed by atoms with Gasteiger partial charge >= 0.3 is 0 Å². The molecule has 0 bridgehead atoms. The highest BCUT2D eigenvalue weighted by molar-refractivity contribution is 7.18. The lowest BCUT2D eigenvalue weighted by atomic mass is 10.0. The monoisotopic (exact) mass is 386 g/mol. The summed E-state index contributed by atoms with van der Waals surface area (Å²) < 4.78 is 1.79. The van der Waals surface area contributed by atoms with Crippen LogP contribution in [0.2, 0.25) is 5.02 Å². The second kappa shape index (κ2) is 6.33. The van der Waals surface area contributed by atoms with Gasteiger partial charge in [0.2, 0.25) is 5.13 Å². The fourth-order valence-corrected chi connectivity index (χ4v) is 5.30. The number of anilines is 1. The van der Waals surface area contributed by atoms with Gasteiger partial charge in [-0.25, -0.2) is 4.68 Å².